The molecule has 0 aromatic heterocycles. The van der Waals surface area contributed by atoms with Crippen LogP contribution >= 0.6 is 11.8 Å². The molecule has 0 N–H and O–H groups in total. The molecule has 0 heterocycles. The number of carbonyl (C=O) groups excluding carboxylic acids is 1. The van der Waals surface area contributed by atoms with Crippen molar-refractivity contribution in [3.8, 4) is 0 Å². The van der Waals surface area contributed by atoms with Crippen LogP contribution < -0.4 is 0 Å². The molecular weight excluding hydrogens is 242 g/mol. The first-order chi connectivity index (χ1) is 8.41. The van der Waals surface area contributed by atoms with Crippen LogP contribution in [0, 0.1) is 6.92 Å². The van der Waals surface area contributed by atoms with E-state index >= 15 is 0 Å². The number of Topliss-reactive ketones (excluding diaryl/α,β-unsaturated/α-hetero) is 1. The number of aliphatic imine (C=N–C) groups is 1. The van der Waals surface area contributed by atoms with Crippen molar-refractivity contribution in [2.24, 2.45) is 4.99 Å². The zero-order valence-corrected chi connectivity index (χ0v) is 12.4. The van der Waals surface area contributed by atoms with Crippen LogP contribution in [0.15, 0.2) is 45.4 Å². The van der Waals surface area contributed by atoms with Gasteiger partial charge < -0.3 is 0 Å². The summed E-state index contributed by atoms with van der Waals surface area (Å²) in [4.78, 5) is 16.9. The molecule has 1 aromatic carbocycles. The van der Waals surface area contributed by atoms with Crippen molar-refractivity contribution in [1.29, 1.82) is 0 Å². The summed E-state index contributed by atoms with van der Waals surface area (Å²) in [7, 11) is 0. The van der Waals surface area contributed by atoms with Gasteiger partial charge in [0.05, 0.1) is 5.04 Å². The number of ketones is 1. The monoisotopic (exact) mass is 261 g/mol. The predicted octanol–water partition coefficient (Wildman–Crippen LogP) is 4.39. The van der Waals surface area contributed by atoms with Crippen molar-refractivity contribution in [1.82, 2.24) is 0 Å². The van der Waals surface area contributed by atoms with Crippen LogP contribution in [0.3, 0.4) is 0 Å². The second kappa shape index (κ2) is 6.55. The third-order valence-corrected chi connectivity index (χ3v) is 3.81. The van der Waals surface area contributed by atoms with Crippen molar-refractivity contribution in [3.05, 3.63) is 41.1 Å². The minimum Gasteiger partial charge on any atom is -0.295 e. The normalized spacial score (nSPS) is 13.3. The third-order valence-electron chi connectivity index (χ3n) is 2.75. The van der Waals surface area contributed by atoms with E-state index in [0.29, 0.717) is 0 Å². The molecule has 0 atom stereocenters. The molecule has 0 amide bonds. The maximum atomic E-state index is 11.2. The molecule has 0 bridgehead atoms. The Balaban J connectivity index is 2.90. The van der Waals surface area contributed by atoms with Gasteiger partial charge in [0.15, 0.2) is 5.78 Å². The molecule has 0 spiro atoms. The Morgan fingerprint density at radius 3 is 2.28 bits per heavy atom. The standard InChI is InChI=1S/C15H19NOS/c1-10-8-6-7-9-15(10)18-14(5)16-12(3)11(2)13(4)17/h6-9H,1-5H3/b12-11-,16-14?. The van der Waals surface area contributed by atoms with E-state index in [1.165, 1.54) is 10.5 Å². The number of thioether (sulfide) groups is 1. The van der Waals surface area contributed by atoms with Gasteiger partial charge in [-0.25, -0.2) is 0 Å². The van der Waals surface area contributed by atoms with E-state index in [1.54, 1.807) is 18.7 Å². The molecule has 96 valence electrons. The fraction of sp³-hybridized carbons (Fsp3) is 0.333. The number of hydrogen-bond donors (Lipinski definition) is 0. The van der Waals surface area contributed by atoms with E-state index in [0.717, 1.165) is 16.3 Å². The molecule has 0 radical (unpaired) electrons. The van der Waals surface area contributed by atoms with Crippen LogP contribution in [0.4, 0.5) is 0 Å². The molecular formula is C15H19NOS. The number of carbonyl (C=O) groups is 1. The fourth-order valence-electron chi connectivity index (χ4n) is 1.43. The highest BCUT2D eigenvalue weighted by Crippen LogP contribution is 2.24. The molecule has 2 nitrogen and oxygen atoms in total. The lowest BCUT2D eigenvalue weighted by Gasteiger charge is -2.05. The summed E-state index contributed by atoms with van der Waals surface area (Å²) >= 11 is 1.63. The molecule has 0 saturated heterocycles. The second-order valence-corrected chi connectivity index (χ2v) is 5.50. The van der Waals surface area contributed by atoms with Crippen molar-refractivity contribution in [2.45, 2.75) is 39.5 Å². The van der Waals surface area contributed by atoms with Crippen LogP contribution in [-0.4, -0.2) is 10.8 Å². The van der Waals surface area contributed by atoms with Gasteiger partial charge in [0.2, 0.25) is 0 Å². The van der Waals surface area contributed by atoms with Gasteiger partial charge in [-0.15, -0.1) is 0 Å². The number of nitrogens with zero attached hydrogens (tertiary/aromatic N) is 1. The fourth-order valence-corrected chi connectivity index (χ4v) is 2.30. The molecule has 0 fully saturated rings. The van der Waals surface area contributed by atoms with Crippen LogP contribution in [-0.2, 0) is 4.79 Å². The lowest BCUT2D eigenvalue weighted by molar-refractivity contribution is -0.113. The van der Waals surface area contributed by atoms with Crippen LogP contribution in [0.1, 0.15) is 33.3 Å². The first-order valence-corrected chi connectivity index (χ1v) is 6.70. The van der Waals surface area contributed by atoms with Crippen molar-refractivity contribution in [2.75, 3.05) is 0 Å². The molecule has 0 unspecified atom stereocenters. The Morgan fingerprint density at radius 1 is 1.11 bits per heavy atom. The maximum Gasteiger partial charge on any atom is 0.157 e. The number of hydrogen-bond acceptors (Lipinski definition) is 3. The van der Waals surface area contributed by atoms with Gasteiger partial charge in [0.25, 0.3) is 0 Å². The summed E-state index contributed by atoms with van der Waals surface area (Å²) < 4.78 is 0. The molecule has 0 aliphatic heterocycles. The maximum absolute atomic E-state index is 11.2. The highest BCUT2D eigenvalue weighted by Gasteiger charge is 2.04. The van der Waals surface area contributed by atoms with Gasteiger partial charge in [-0.05, 0) is 46.2 Å². The highest BCUT2D eigenvalue weighted by atomic mass is 32.2. The van der Waals surface area contributed by atoms with Gasteiger partial charge in [-0.2, -0.15) is 0 Å². The molecule has 0 aliphatic carbocycles. The number of benzene rings is 1. The molecule has 1 aromatic rings. The summed E-state index contributed by atoms with van der Waals surface area (Å²) in [5, 5.41) is 0.947. The van der Waals surface area contributed by atoms with Gasteiger partial charge in [0, 0.05) is 16.2 Å². The summed E-state index contributed by atoms with van der Waals surface area (Å²) in [6.45, 7) is 9.30. The van der Waals surface area contributed by atoms with Crippen LogP contribution in [0.5, 0.6) is 0 Å². The first kappa shape index (κ1) is 14.7. The quantitative estimate of drug-likeness (QED) is 0.349. The lowest BCUT2D eigenvalue weighted by Crippen LogP contribution is -1.96. The van der Waals surface area contributed by atoms with Crippen LogP contribution in [0.25, 0.3) is 0 Å². The summed E-state index contributed by atoms with van der Waals surface area (Å²) in [5.74, 6) is 0.0740. The summed E-state index contributed by atoms with van der Waals surface area (Å²) in [5.41, 5.74) is 2.75. The molecule has 1 rings (SSSR count). The van der Waals surface area contributed by atoms with Gasteiger partial charge >= 0.3 is 0 Å². The predicted molar refractivity (Wildman–Crippen MR) is 79.2 cm³/mol. The van der Waals surface area contributed by atoms with Crippen molar-refractivity contribution >= 4 is 22.6 Å². The Hall–Kier alpha value is -1.35. The van der Waals surface area contributed by atoms with Crippen molar-refractivity contribution in [3.63, 3.8) is 0 Å². The topological polar surface area (TPSA) is 29.4 Å². The van der Waals surface area contributed by atoms with E-state index in [1.807, 2.05) is 32.9 Å². The van der Waals surface area contributed by atoms with E-state index in [2.05, 4.69) is 24.0 Å². The first-order valence-electron chi connectivity index (χ1n) is 5.89. The zero-order chi connectivity index (χ0) is 13.7. The lowest BCUT2D eigenvalue weighted by atomic mass is 10.2. The van der Waals surface area contributed by atoms with E-state index in [4.69, 9.17) is 0 Å². The molecule has 18 heavy (non-hydrogen) atoms. The van der Waals surface area contributed by atoms with E-state index in [9.17, 15) is 4.79 Å². The van der Waals surface area contributed by atoms with Gasteiger partial charge in [0.1, 0.15) is 0 Å². The van der Waals surface area contributed by atoms with Gasteiger partial charge in [-0.3, -0.25) is 9.79 Å². The average molecular weight is 261 g/mol. The summed E-state index contributed by atoms with van der Waals surface area (Å²) in [6.07, 6.45) is 0. The van der Waals surface area contributed by atoms with Gasteiger partial charge in [-0.1, -0.05) is 30.0 Å². The van der Waals surface area contributed by atoms with E-state index < -0.39 is 0 Å². The number of allylic oxidation sites excluding steroid dienone is 2. The van der Waals surface area contributed by atoms with E-state index in [-0.39, 0.29) is 5.78 Å². The number of rotatable bonds is 3. The minimum absolute atomic E-state index is 0.0740. The number of aryl methyl sites for hydroxylation is 1. The average Bonchev–Trinajstić information content (AvgIpc) is 2.30. The highest BCUT2D eigenvalue weighted by molar-refractivity contribution is 8.14. The zero-order valence-electron chi connectivity index (χ0n) is 11.6. The Labute approximate surface area is 113 Å². The second-order valence-electron chi connectivity index (χ2n) is 4.26. The third kappa shape index (κ3) is 4.15. The Kier molecular flexibility index (Phi) is 5.35. The molecule has 0 aliphatic rings. The SMILES string of the molecule is CC(=O)/C(C)=C(/C)N=C(C)Sc1ccccc1C. The summed E-state index contributed by atoms with van der Waals surface area (Å²) in [6, 6.07) is 8.21. The largest absolute Gasteiger partial charge is 0.295 e. The molecule has 0 saturated carbocycles. The molecule has 3 heteroatoms. The van der Waals surface area contributed by atoms with Crippen molar-refractivity contribution < 1.29 is 4.79 Å². The Bertz CT molecular complexity index is 515. The Morgan fingerprint density at radius 2 is 1.72 bits per heavy atom. The smallest absolute Gasteiger partial charge is 0.157 e. The van der Waals surface area contributed by atoms with Crippen LogP contribution in [0.2, 0.25) is 0 Å². The minimum atomic E-state index is 0.0740.